The van der Waals surface area contributed by atoms with Crippen molar-refractivity contribution in [2.24, 2.45) is 0 Å². The summed E-state index contributed by atoms with van der Waals surface area (Å²) in [7, 11) is 0. The fourth-order valence-corrected chi connectivity index (χ4v) is 2.11. The molecule has 5 nitrogen and oxygen atoms in total. The summed E-state index contributed by atoms with van der Waals surface area (Å²) in [5.41, 5.74) is 7.86. The summed E-state index contributed by atoms with van der Waals surface area (Å²) in [6.07, 6.45) is 1.68. The van der Waals surface area contributed by atoms with Crippen molar-refractivity contribution in [2.45, 2.75) is 0 Å². The van der Waals surface area contributed by atoms with E-state index in [0.717, 1.165) is 14.5 Å². The van der Waals surface area contributed by atoms with Gasteiger partial charge in [-0.1, -0.05) is 5.16 Å². The largest absolute Gasteiger partial charge is 0.398 e. The monoisotopic (exact) mass is 394 g/mol. The van der Waals surface area contributed by atoms with Gasteiger partial charge in [0.25, 0.3) is 5.89 Å². The Labute approximate surface area is 131 Å². The standard InChI is InChI=1S/C13H8Br2N4O/c14-8-2-4-11(17-6-8)12-18-13(20-19-12)7-1-3-9(15)10(16)5-7/h1-6H,16H2. The molecule has 0 atom stereocenters. The number of hydrogen-bond acceptors (Lipinski definition) is 5. The molecule has 7 heteroatoms. The van der Waals surface area contributed by atoms with Gasteiger partial charge < -0.3 is 10.3 Å². The second-order valence-electron chi connectivity index (χ2n) is 4.02. The van der Waals surface area contributed by atoms with Gasteiger partial charge in [0.1, 0.15) is 5.69 Å². The normalized spacial score (nSPS) is 10.7. The van der Waals surface area contributed by atoms with Crippen molar-refractivity contribution >= 4 is 37.5 Å². The molecule has 0 fully saturated rings. The van der Waals surface area contributed by atoms with Crippen molar-refractivity contribution in [2.75, 3.05) is 5.73 Å². The van der Waals surface area contributed by atoms with Crippen LogP contribution in [0, 0.1) is 0 Å². The maximum atomic E-state index is 5.84. The predicted octanol–water partition coefficient (Wildman–Crippen LogP) is 3.91. The van der Waals surface area contributed by atoms with Crippen molar-refractivity contribution in [3.05, 3.63) is 45.5 Å². The number of aromatic nitrogens is 3. The van der Waals surface area contributed by atoms with Crippen LogP contribution in [0.15, 0.2) is 50.0 Å². The van der Waals surface area contributed by atoms with Crippen molar-refractivity contribution in [3.8, 4) is 23.0 Å². The van der Waals surface area contributed by atoms with E-state index in [4.69, 9.17) is 10.3 Å². The van der Waals surface area contributed by atoms with E-state index < -0.39 is 0 Å². The molecule has 0 amide bonds. The van der Waals surface area contributed by atoms with Crippen LogP contribution < -0.4 is 5.73 Å². The molecule has 0 aliphatic rings. The van der Waals surface area contributed by atoms with Crippen molar-refractivity contribution in [3.63, 3.8) is 0 Å². The molecule has 0 aliphatic heterocycles. The number of benzene rings is 1. The number of nitrogens with zero attached hydrogens (tertiary/aromatic N) is 3. The lowest BCUT2D eigenvalue weighted by Crippen LogP contribution is -1.88. The summed E-state index contributed by atoms with van der Waals surface area (Å²) in [5.74, 6) is 0.845. The minimum atomic E-state index is 0.406. The Bertz CT molecular complexity index is 755. The van der Waals surface area contributed by atoms with E-state index in [1.54, 1.807) is 12.3 Å². The Kier molecular flexibility index (Phi) is 3.54. The molecule has 1 aromatic carbocycles. The highest BCUT2D eigenvalue weighted by Crippen LogP contribution is 2.27. The fourth-order valence-electron chi connectivity index (χ4n) is 1.63. The summed E-state index contributed by atoms with van der Waals surface area (Å²) in [6, 6.07) is 9.15. The van der Waals surface area contributed by atoms with Gasteiger partial charge >= 0.3 is 0 Å². The van der Waals surface area contributed by atoms with E-state index in [9.17, 15) is 0 Å². The maximum Gasteiger partial charge on any atom is 0.258 e. The van der Waals surface area contributed by atoms with Crippen molar-refractivity contribution in [1.82, 2.24) is 15.1 Å². The lowest BCUT2D eigenvalue weighted by Gasteiger charge is -1.99. The van der Waals surface area contributed by atoms with Crippen LogP contribution in [0.1, 0.15) is 0 Å². The molecule has 3 aromatic rings. The maximum absolute atomic E-state index is 5.84. The summed E-state index contributed by atoms with van der Waals surface area (Å²) in [4.78, 5) is 8.55. The SMILES string of the molecule is Nc1cc(-c2nc(-c3ccc(Br)cn3)no2)ccc1Br. The Morgan fingerprint density at radius 3 is 2.65 bits per heavy atom. The van der Waals surface area contributed by atoms with Gasteiger partial charge in [-0.25, -0.2) is 0 Å². The minimum absolute atomic E-state index is 0.406. The smallest absolute Gasteiger partial charge is 0.258 e. The molecule has 0 aliphatic carbocycles. The number of halogens is 2. The van der Waals surface area contributed by atoms with E-state index in [0.29, 0.717) is 23.1 Å². The summed E-state index contributed by atoms with van der Waals surface area (Å²) < 4.78 is 6.97. The molecule has 100 valence electrons. The minimum Gasteiger partial charge on any atom is -0.398 e. The zero-order chi connectivity index (χ0) is 14.1. The van der Waals surface area contributed by atoms with Crippen LogP contribution in [0.3, 0.4) is 0 Å². The Hall–Kier alpha value is -1.73. The molecular weight excluding hydrogens is 388 g/mol. The lowest BCUT2D eigenvalue weighted by atomic mass is 10.2. The van der Waals surface area contributed by atoms with Gasteiger partial charge in [0.15, 0.2) is 0 Å². The average Bonchev–Trinajstić information content (AvgIpc) is 2.92. The first kappa shape index (κ1) is 13.3. The Balaban J connectivity index is 1.97. The summed E-state index contributed by atoms with van der Waals surface area (Å²) >= 11 is 6.67. The number of pyridine rings is 1. The first-order valence-corrected chi connectivity index (χ1v) is 7.23. The third-order valence-electron chi connectivity index (χ3n) is 2.63. The third kappa shape index (κ3) is 2.59. The van der Waals surface area contributed by atoms with Crippen molar-refractivity contribution in [1.29, 1.82) is 0 Å². The number of hydrogen-bond donors (Lipinski definition) is 1. The van der Waals surface area contributed by atoms with E-state index in [2.05, 4.69) is 47.0 Å². The predicted molar refractivity (Wildman–Crippen MR) is 82.8 cm³/mol. The highest BCUT2D eigenvalue weighted by atomic mass is 79.9. The molecule has 0 spiro atoms. The molecule has 20 heavy (non-hydrogen) atoms. The quantitative estimate of drug-likeness (QED) is 0.665. The van der Waals surface area contributed by atoms with Gasteiger partial charge in [0.05, 0.1) is 0 Å². The highest BCUT2D eigenvalue weighted by molar-refractivity contribution is 9.10. The number of anilines is 1. The second-order valence-corrected chi connectivity index (χ2v) is 5.79. The van der Waals surface area contributed by atoms with Gasteiger partial charge in [-0.2, -0.15) is 4.98 Å². The zero-order valence-electron chi connectivity index (χ0n) is 10.0. The summed E-state index contributed by atoms with van der Waals surface area (Å²) in [5, 5.41) is 3.93. The summed E-state index contributed by atoms with van der Waals surface area (Å²) in [6.45, 7) is 0. The third-order valence-corrected chi connectivity index (χ3v) is 3.82. The van der Waals surface area contributed by atoms with Crippen LogP contribution in [0.4, 0.5) is 5.69 Å². The molecule has 0 radical (unpaired) electrons. The molecule has 2 N–H and O–H groups in total. The van der Waals surface area contributed by atoms with Gasteiger partial charge in [-0.15, -0.1) is 0 Å². The van der Waals surface area contributed by atoms with Crippen LogP contribution in [0.2, 0.25) is 0 Å². The molecular formula is C13H8Br2N4O. The van der Waals surface area contributed by atoms with E-state index in [-0.39, 0.29) is 0 Å². The number of nitrogen functional groups attached to an aromatic ring is 1. The van der Waals surface area contributed by atoms with Gasteiger partial charge in [0.2, 0.25) is 5.82 Å². The Morgan fingerprint density at radius 2 is 1.95 bits per heavy atom. The van der Waals surface area contributed by atoms with Crippen LogP contribution in [-0.2, 0) is 0 Å². The van der Waals surface area contributed by atoms with Crippen LogP contribution in [-0.4, -0.2) is 15.1 Å². The second kappa shape index (κ2) is 5.34. The van der Waals surface area contributed by atoms with E-state index in [1.165, 1.54) is 0 Å². The number of rotatable bonds is 2. The average molecular weight is 396 g/mol. The highest BCUT2D eigenvalue weighted by Gasteiger charge is 2.12. The van der Waals surface area contributed by atoms with Crippen molar-refractivity contribution < 1.29 is 4.52 Å². The van der Waals surface area contributed by atoms with Gasteiger partial charge in [0, 0.05) is 26.4 Å². The van der Waals surface area contributed by atoms with Crippen LogP contribution in [0.5, 0.6) is 0 Å². The zero-order valence-corrected chi connectivity index (χ0v) is 13.2. The molecule has 0 unspecified atom stereocenters. The fraction of sp³-hybridized carbons (Fsp3) is 0. The molecule has 0 saturated carbocycles. The molecule has 2 heterocycles. The van der Waals surface area contributed by atoms with Crippen LogP contribution in [0.25, 0.3) is 23.0 Å². The topological polar surface area (TPSA) is 77.8 Å². The van der Waals surface area contributed by atoms with E-state index in [1.807, 2.05) is 24.3 Å². The lowest BCUT2D eigenvalue weighted by molar-refractivity contribution is 0.432. The van der Waals surface area contributed by atoms with Gasteiger partial charge in [-0.05, 0) is 62.2 Å². The number of nitrogens with two attached hydrogens (primary N) is 1. The Morgan fingerprint density at radius 1 is 1.10 bits per heavy atom. The molecule has 3 rings (SSSR count). The molecule has 2 aromatic heterocycles. The first-order chi connectivity index (χ1) is 9.63. The van der Waals surface area contributed by atoms with E-state index >= 15 is 0 Å². The molecule has 0 bridgehead atoms. The van der Waals surface area contributed by atoms with Gasteiger partial charge in [-0.3, -0.25) is 4.98 Å². The van der Waals surface area contributed by atoms with Crippen LogP contribution >= 0.6 is 31.9 Å². The molecule has 0 saturated heterocycles. The first-order valence-electron chi connectivity index (χ1n) is 5.64.